The van der Waals surface area contributed by atoms with E-state index in [1.165, 1.54) is 5.56 Å². The number of pyridine rings is 2. The van der Waals surface area contributed by atoms with Crippen molar-refractivity contribution in [1.82, 2.24) is 9.97 Å². The molecule has 0 unspecified atom stereocenters. The van der Waals surface area contributed by atoms with Gasteiger partial charge in [-0.3, -0.25) is 4.98 Å². The van der Waals surface area contributed by atoms with E-state index in [1.54, 1.807) is 12.4 Å². The van der Waals surface area contributed by atoms with Crippen LogP contribution in [0.25, 0.3) is 0 Å². The SMILES string of the molecule is Cc1ccc(C(N)=S)c(NCCc2ccncc2)n1. The fourth-order valence-corrected chi connectivity index (χ4v) is 1.93. The molecule has 0 aromatic carbocycles. The Hall–Kier alpha value is -2.01. The number of anilines is 1. The van der Waals surface area contributed by atoms with Gasteiger partial charge in [0.15, 0.2) is 0 Å². The molecule has 0 amide bonds. The molecule has 0 atom stereocenters. The first-order valence-corrected chi connectivity index (χ1v) is 6.48. The second kappa shape index (κ2) is 6.24. The Kier molecular flexibility index (Phi) is 4.41. The molecule has 5 heteroatoms. The van der Waals surface area contributed by atoms with Gasteiger partial charge >= 0.3 is 0 Å². The van der Waals surface area contributed by atoms with E-state index in [0.717, 1.165) is 30.0 Å². The highest BCUT2D eigenvalue weighted by Crippen LogP contribution is 2.13. The molecule has 0 saturated heterocycles. The van der Waals surface area contributed by atoms with Crippen LogP contribution in [0.2, 0.25) is 0 Å². The van der Waals surface area contributed by atoms with Crippen molar-refractivity contribution >= 4 is 23.0 Å². The minimum Gasteiger partial charge on any atom is -0.389 e. The predicted octanol–water partition coefficient (Wildman–Crippen LogP) is 2.07. The van der Waals surface area contributed by atoms with E-state index < -0.39 is 0 Å². The summed E-state index contributed by atoms with van der Waals surface area (Å²) in [7, 11) is 0. The second-order valence-electron chi connectivity index (χ2n) is 4.25. The van der Waals surface area contributed by atoms with Gasteiger partial charge in [0.2, 0.25) is 0 Å². The van der Waals surface area contributed by atoms with E-state index in [4.69, 9.17) is 18.0 Å². The van der Waals surface area contributed by atoms with E-state index in [2.05, 4.69) is 15.3 Å². The first-order valence-electron chi connectivity index (χ1n) is 6.07. The Labute approximate surface area is 118 Å². The highest BCUT2D eigenvalue weighted by atomic mass is 32.1. The lowest BCUT2D eigenvalue weighted by Crippen LogP contribution is -2.16. The molecule has 0 spiro atoms. The normalized spacial score (nSPS) is 10.2. The van der Waals surface area contributed by atoms with Gasteiger partial charge in [0.25, 0.3) is 0 Å². The van der Waals surface area contributed by atoms with Crippen LogP contribution in [0, 0.1) is 6.92 Å². The van der Waals surface area contributed by atoms with E-state index in [-0.39, 0.29) is 0 Å². The minimum absolute atomic E-state index is 0.360. The van der Waals surface area contributed by atoms with Gasteiger partial charge in [-0.2, -0.15) is 0 Å². The average Bonchev–Trinajstić information content (AvgIpc) is 2.39. The molecule has 3 N–H and O–H groups in total. The lowest BCUT2D eigenvalue weighted by atomic mass is 10.2. The lowest BCUT2D eigenvalue weighted by molar-refractivity contribution is 0.994. The molecule has 2 rings (SSSR count). The third kappa shape index (κ3) is 3.72. The van der Waals surface area contributed by atoms with Crippen LogP contribution in [0.4, 0.5) is 5.82 Å². The number of nitrogens with one attached hydrogen (secondary N) is 1. The molecule has 0 radical (unpaired) electrons. The van der Waals surface area contributed by atoms with Crippen molar-refractivity contribution in [3.63, 3.8) is 0 Å². The molecule has 0 saturated carbocycles. The van der Waals surface area contributed by atoms with Crippen LogP contribution < -0.4 is 11.1 Å². The maximum Gasteiger partial charge on any atom is 0.136 e. The van der Waals surface area contributed by atoms with Gasteiger partial charge < -0.3 is 11.1 Å². The van der Waals surface area contributed by atoms with Crippen LogP contribution in [0.5, 0.6) is 0 Å². The third-order valence-electron chi connectivity index (χ3n) is 2.76. The minimum atomic E-state index is 0.360. The number of rotatable bonds is 5. The summed E-state index contributed by atoms with van der Waals surface area (Å²) in [5, 5.41) is 3.28. The molecule has 0 aliphatic heterocycles. The van der Waals surface area contributed by atoms with Crippen molar-refractivity contribution in [1.29, 1.82) is 0 Å². The van der Waals surface area contributed by atoms with Crippen LogP contribution in [0.15, 0.2) is 36.7 Å². The smallest absolute Gasteiger partial charge is 0.136 e. The van der Waals surface area contributed by atoms with Crippen LogP contribution in [0.3, 0.4) is 0 Å². The Morgan fingerprint density at radius 2 is 2.00 bits per heavy atom. The van der Waals surface area contributed by atoms with Gasteiger partial charge in [0.05, 0.1) is 5.56 Å². The summed E-state index contributed by atoms with van der Waals surface area (Å²) in [6.45, 7) is 2.72. The first kappa shape index (κ1) is 13.4. The van der Waals surface area contributed by atoms with E-state index in [1.807, 2.05) is 31.2 Å². The third-order valence-corrected chi connectivity index (χ3v) is 2.98. The lowest BCUT2D eigenvalue weighted by Gasteiger charge is -2.11. The molecule has 2 aromatic rings. The predicted molar refractivity (Wildman–Crippen MR) is 81.3 cm³/mol. The second-order valence-corrected chi connectivity index (χ2v) is 4.69. The largest absolute Gasteiger partial charge is 0.389 e. The van der Waals surface area contributed by atoms with Gasteiger partial charge in [-0.15, -0.1) is 0 Å². The van der Waals surface area contributed by atoms with Gasteiger partial charge in [-0.1, -0.05) is 12.2 Å². The van der Waals surface area contributed by atoms with Crippen molar-refractivity contribution in [2.75, 3.05) is 11.9 Å². The summed E-state index contributed by atoms with van der Waals surface area (Å²) in [6, 6.07) is 7.81. The number of aryl methyl sites for hydroxylation is 1. The molecule has 19 heavy (non-hydrogen) atoms. The van der Waals surface area contributed by atoms with Crippen molar-refractivity contribution in [2.24, 2.45) is 5.73 Å². The summed E-state index contributed by atoms with van der Waals surface area (Å²) < 4.78 is 0. The van der Waals surface area contributed by atoms with E-state index in [9.17, 15) is 0 Å². The fourth-order valence-electron chi connectivity index (χ4n) is 1.76. The topological polar surface area (TPSA) is 63.8 Å². The quantitative estimate of drug-likeness (QED) is 0.816. The Morgan fingerprint density at radius 1 is 1.26 bits per heavy atom. The maximum absolute atomic E-state index is 5.69. The molecule has 0 aliphatic rings. The fraction of sp³-hybridized carbons (Fsp3) is 0.214. The maximum atomic E-state index is 5.69. The molecule has 0 fully saturated rings. The van der Waals surface area contributed by atoms with Crippen LogP contribution in [-0.4, -0.2) is 21.5 Å². The molecule has 0 aliphatic carbocycles. The number of hydrogen-bond donors (Lipinski definition) is 2. The number of nitrogens with zero attached hydrogens (tertiary/aromatic N) is 2. The highest BCUT2D eigenvalue weighted by Gasteiger charge is 2.06. The van der Waals surface area contributed by atoms with Gasteiger partial charge in [0.1, 0.15) is 10.8 Å². The van der Waals surface area contributed by atoms with E-state index in [0.29, 0.717) is 4.99 Å². The summed E-state index contributed by atoms with van der Waals surface area (Å²) in [5.41, 5.74) is 8.64. The van der Waals surface area contributed by atoms with Gasteiger partial charge in [0, 0.05) is 24.6 Å². The summed E-state index contributed by atoms with van der Waals surface area (Å²) in [6.07, 6.45) is 4.48. The summed E-state index contributed by atoms with van der Waals surface area (Å²) in [4.78, 5) is 8.79. The number of hydrogen-bond acceptors (Lipinski definition) is 4. The van der Waals surface area contributed by atoms with Crippen molar-refractivity contribution < 1.29 is 0 Å². The molecular formula is C14H16N4S. The Morgan fingerprint density at radius 3 is 2.68 bits per heavy atom. The summed E-state index contributed by atoms with van der Waals surface area (Å²) >= 11 is 5.03. The Bertz CT molecular complexity index is 569. The monoisotopic (exact) mass is 272 g/mol. The zero-order chi connectivity index (χ0) is 13.7. The zero-order valence-electron chi connectivity index (χ0n) is 10.8. The highest BCUT2D eigenvalue weighted by molar-refractivity contribution is 7.80. The van der Waals surface area contributed by atoms with Gasteiger partial charge in [-0.25, -0.2) is 4.98 Å². The molecular weight excluding hydrogens is 256 g/mol. The molecule has 4 nitrogen and oxygen atoms in total. The van der Waals surface area contributed by atoms with Crippen molar-refractivity contribution in [3.8, 4) is 0 Å². The van der Waals surface area contributed by atoms with E-state index >= 15 is 0 Å². The van der Waals surface area contributed by atoms with Crippen molar-refractivity contribution in [3.05, 3.63) is 53.5 Å². The molecule has 98 valence electrons. The number of thiocarbonyl (C=S) groups is 1. The molecule has 2 heterocycles. The van der Waals surface area contributed by atoms with Crippen LogP contribution in [0.1, 0.15) is 16.8 Å². The first-order chi connectivity index (χ1) is 9.16. The summed E-state index contributed by atoms with van der Waals surface area (Å²) in [5.74, 6) is 0.751. The average molecular weight is 272 g/mol. The van der Waals surface area contributed by atoms with Gasteiger partial charge in [-0.05, 0) is 43.2 Å². The molecule has 0 bridgehead atoms. The molecule has 2 aromatic heterocycles. The number of nitrogens with two attached hydrogens (primary N) is 1. The number of aromatic nitrogens is 2. The van der Waals surface area contributed by atoms with Crippen LogP contribution in [-0.2, 0) is 6.42 Å². The zero-order valence-corrected chi connectivity index (χ0v) is 11.6. The van der Waals surface area contributed by atoms with Crippen molar-refractivity contribution in [2.45, 2.75) is 13.3 Å². The van der Waals surface area contributed by atoms with Crippen LogP contribution >= 0.6 is 12.2 Å². The Balaban J connectivity index is 2.03. The standard InChI is InChI=1S/C14H16N4S/c1-10-2-3-12(13(15)19)14(18-10)17-9-6-11-4-7-16-8-5-11/h2-5,7-8H,6,9H2,1H3,(H2,15,19)(H,17,18).